The second-order valence-corrected chi connectivity index (χ2v) is 8.03. The number of carbonyl (C=O) groups excluding carboxylic acids is 1. The van der Waals surface area contributed by atoms with Crippen LogP contribution in [0.2, 0.25) is 0 Å². The van der Waals surface area contributed by atoms with Crippen molar-refractivity contribution in [2.24, 2.45) is 0 Å². The quantitative estimate of drug-likeness (QED) is 0.526. The highest BCUT2D eigenvalue weighted by Crippen LogP contribution is 2.26. The number of aromatic nitrogens is 5. The first-order chi connectivity index (χ1) is 15.6. The Kier molecular flexibility index (Phi) is 8.43. The summed E-state index contributed by atoms with van der Waals surface area (Å²) in [5.41, 5.74) is 1.54. The number of tetrazole rings is 1. The van der Waals surface area contributed by atoms with E-state index in [2.05, 4.69) is 29.4 Å². The molecule has 4 rings (SSSR count). The van der Waals surface area contributed by atoms with Crippen molar-refractivity contribution in [1.82, 2.24) is 29.7 Å². The number of rotatable bonds is 6. The van der Waals surface area contributed by atoms with Crippen molar-refractivity contribution in [1.29, 1.82) is 0 Å². The zero-order chi connectivity index (χ0) is 22.9. The first-order valence-electron chi connectivity index (χ1n) is 10.7. The molecule has 9 nitrogen and oxygen atoms in total. The lowest BCUT2D eigenvalue weighted by atomic mass is 10.2. The Morgan fingerprint density at radius 3 is 2.66 bits per heavy atom. The number of pyridine rings is 1. The summed E-state index contributed by atoms with van der Waals surface area (Å²) < 4.78 is 8.94. The molecule has 0 saturated heterocycles. The fraction of sp³-hybridized carbons (Fsp3) is 0.409. The second kappa shape index (κ2) is 11.5. The van der Waals surface area contributed by atoms with Crippen LogP contribution in [0.5, 0.6) is 5.75 Å². The van der Waals surface area contributed by atoms with Gasteiger partial charge in [0, 0.05) is 24.8 Å². The third-order valence-corrected chi connectivity index (χ3v) is 5.50. The van der Waals surface area contributed by atoms with E-state index in [0.717, 1.165) is 11.4 Å². The van der Waals surface area contributed by atoms with E-state index >= 15 is 0 Å². The van der Waals surface area contributed by atoms with Crippen LogP contribution in [0.1, 0.15) is 32.9 Å². The topological polar surface area (TPSA) is 95.1 Å². The van der Waals surface area contributed by atoms with Gasteiger partial charge in [-0.2, -0.15) is 4.68 Å². The van der Waals surface area contributed by atoms with Crippen LogP contribution in [-0.4, -0.2) is 54.5 Å². The van der Waals surface area contributed by atoms with Crippen LogP contribution in [0.25, 0.3) is 5.69 Å². The third-order valence-electron chi connectivity index (χ3n) is 4.60. The van der Waals surface area contributed by atoms with Gasteiger partial charge in [0.05, 0.1) is 18.9 Å². The van der Waals surface area contributed by atoms with Crippen molar-refractivity contribution < 1.29 is 9.53 Å². The van der Waals surface area contributed by atoms with Gasteiger partial charge in [0.15, 0.2) is 0 Å². The molecule has 3 aromatic rings. The molecule has 170 valence electrons. The molecule has 1 amide bonds. The highest BCUT2D eigenvalue weighted by Gasteiger charge is 2.22. The number of thioether (sulfide) groups is 1. The van der Waals surface area contributed by atoms with Crippen molar-refractivity contribution in [3.8, 4) is 11.4 Å². The number of nitrogens with zero attached hydrogens (tertiary/aromatic N) is 6. The number of amides is 1. The molecule has 0 N–H and O–H groups in total. The molecule has 1 aliphatic heterocycles. The lowest BCUT2D eigenvalue weighted by Gasteiger charge is -2.29. The third kappa shape index (κ3) is 5.56. The van der Waals surface area contributed by atoms with Gasteiger partial charge < -0.3 is 14.2 Å². The average molecular weight is 457 g/mol. The highest BCUT2D eigenvalue weighted by molar-refractivity contribution is 7.99. The molecule has 0 radical (unpaired) electrons. The van der Waals surface area contributed by atoms with Gasteiger partial charge in [0.25, 0.3) is 5.56 Å². The predicted octanol–water partition coefficient (Wildman–Crippen LogP) is 2.77. The highest BCUT2D eigenvalue weighted by atomic mass is 32.2. The van der Waals surface area contributed by atoms with E-state index in [-0.39, 0.29) is 17.2 Å². The van der Waals surface area contributed by atoms with Gasteiger partial charge in [0.1, 0.15) is 11.4 Å². The minimum absolute atomic E-state index is 0.0230. The minimum atomic E-state index is -0.0314. The van der Waals surface area contributed by atoms with E-state index in [1.165, 1.54) is 24.2 Å². The number of carbonyl (C=O) groups is 1. The number of hydrogen-bond acceptors (Lipinski definition) is 7. The molecule has 3 heterocycles. The summed E-state index contributed by atoms with van der Waals surface area (Å²) in [6.07, 6.45) is 1.25. The zero-order valence-electron chi connectivity index (χ0n) is 18.6. The lowest BCUT2D eigenvalue weighted by Crippen LogP contribution is -2.42. The van der Waals surface area contributed by atoms with E-state index < -0.39 is 0 Å². The van der Waals surface area contributed by atoms with Crippen molar-refractivity contribution in [2.75, 3.05) is 18.9 Å². The van der Waals surface area contributed by atoms with E-state index in [1.54, 1.807) is 20.2 Å². The Morgan fingerprint density at radius 1 is 1.09 bits per heavy atom. The number of fused-ring (bicyclic) bond motifs is 1. The van der Waals surface area contributed by atoms with E-state index in [1.807, 2.05) is 37.3 Å². The van der Waals surface area contributed by atoms with Crippen LogP contribution in [0, 0.1) is 0 Å². The molecule has 1 aliphatic rings. The van der Waals surface area contributed by atoms with Crippen LogP contribution >= 0.6 is 11.8 Å². The summed E-state index contributed by atoms with van der Waals surface area (Å²) in [5.74, 6) is 0.854. The molecule has 0 spiro atoms. The average Bonchev–Trinajstić information content (AvgIpc) is 3.27. The molecule has 0 unspecified atom stereocenters. The second-order valence-electron chi connectivity index (χ2n) is 7.09. The van der Waals surface area contributed by atoms with Gasteiger partial charge >= 0.3 is 0 Å². The minimum Gasteiger partial charge on any atom is -0.492 e. The molecule has 10 heteroatoms. The molecule has 1 aromatic carbocycles. The number of para-hydroxylation sites is 2. The lowest BCUT2D eigenvalue weighted by molar-refractivity contribution is -0.129. The van der Waals surface area contributed by atoms with E-state index in [0.29, 0.717) is 37.1 Å². The van der Waals surface area contributed by atoms with Gasteiger partial charge in [-0.1, -0.05) is 50.2 Å². The molecule has 0 aliphatic carbocycles. The van der Waals surface area contributed by atoms with Crippen LogP contribution in [0.4, 0.5) is 0 Å². The normalized spacial score (nSPS) is 12.5. The summed E-state index contributed by atoms with van der Waals surface area (Å²) in [4.78, 5) is 26.4. The smallest absolute Gasteiger partial charge is 0.250 e. The number of benzene rings is 1. The van der Waals surface area contributed by atoms with Crippen molar-refractivity contribution >= 4 is 17.7 Å². The fourth-order valence-corrected chi connectivity index (χ4v) is 4.00. The van der Waals surface area contributed by atoms with E-state index in [4.69, 9.17) is 4.74 Å². The van der Waals surface area contributed by atoms with Crippen molar-refractivity contribution in [3.05, 3.63) is 58.5 Å². The zero-order valence-corrected chi connectivity index (χ0v) is 19.4. The molecule has 0 atom stereocenters. The van der Waals surface area contributed by atoms with Gasteiger partial charge in [0.2, 0.25) is 11.1 Å². The maximum absolute atomic E-state index is 12.7. The molecule has 0 bridgehead atoms. The maximum Gasteiger partial charge on any atom is 0.250 e. The SMILES string of the molecule is CCC.CCOc1ccccc1-n1nnnc1SCC(=O)N1CCn2c(cccc2=O)C1. The van der Waals surface area contributed by atoms with Gasteiger partial charge in [-0.25, -0.2) is 0 Å². The van der Waals surface area contributed by atoms with Crippen molar-refractivity contribution in [3.63, 3.8) is 0 Å². The summed E-state index contributed by atoms with van der Waals surface area (Å²) in [6.45, 7) is 8.13. The van der Waals surface area contributed by atoms with Gasteiger partial charge in [-0.15, -0.1) is 5.10 Å². The van der Waals surface area contributed by atoms with Crippen LogP contribution in [0.15, 0.2) is 52.4 Å². The number of ether oxygens (including phenoxy) is 1. The van der Waals surface area contributed by atoms with Crippen LogP contribution < -0.4 is 10.3 Å². The molecular formula is C22H28N6O3S. The Bertz CT molecular complexity index is 1100. The Hall–Kier alpha value is -3.14. The monoisotopic (exact) mass is 456 g/mol. The summed E-state index contributed by atoms with van der Waals surface area (Å²) in [6, 6.07) is 12.6. The van der Waals surface area contributed by atoms with Gasteiger partial charge in [-0.3, -0.25) is 9.59 Å². The van der Waals surface area contributed by atoms with Gasteiger partial charge in [-0.05, 0) is 35.5 Å². The van der Waals surface area contributed by atoms with Crippen molar-refractivity contribution in [2.45, 2.75) is 45.4 Å². The molecular weight excluding hydrogens is 428 g/mol. The Labute approximate surface area is 191 Å². The molecule has 32 heavy (non-hydrogen) atoms. The predicted molar refractivity (Wildman–Crippen MR) is 123 cm³/mol. The number of hydrogen-bond donors (Lipinski definition) is 0. The molecule has 0 fully saturated rings. The summed E-state index contributed by atoms with van der Waals surface area (Å²) >= 11 is 1.27. The molecule has 2 aromatic heterocycles. The van der Waals surface area contributed by atoms with Crippen LogP contribution in [-0.2, 0) is 17.9 Å². The standard InChI is InChI=1S/C19H20N6O3S.C3H8/c1-2-28-16-8-4-3-7-15(16)25-19(20-21-22-25)29-13-18(27)23-10-11-24-14(12-23)6-5-9-17(24)26;1-3-2/h3-9H,2,10-13H2,1H3;3H2,1-2H3. The molecule has 0 saturated carbocycles. The fourth-order valence-electron chi connectivity index (χ4n) is 3.21. The Morgan fingerprint density at radius 2 is 1.88 bits per heavy atom. The van der Waals surface area contributed by atoms with Crippen LogP contribution in [0.3, 0.4) is 0 Å². The maximum atomic E-state index is 12.7. The summed E-state index contributed by atoms with van der Waals surface area (Å²) in [7, 11) is 0. The largest absolute Gasteiger partial charge is 0.492 e. The first kappa shape index (κ1) is 23.5. The van der Waals surface area contributed by atoms with E-state index in [9.17, 15) is 9.59 Å². The first-order valence-corrected chi connectivity index (χ1v) is 11.7. The Balaban J connectivity index is 0.000000913. The summed E-state index contributed by atoms with van der Waals surface area (Å²) in [5, 5.41) is 12.4.